The molecule has 3 aliphatic heterocycles. The molecule has 0 saturated carbocycles. The number of rotatable bonds is 8. The van der Waals surface area contributed by atoms with E-state index in [9.17, 15) is 8.42 Å². The molecule has 10 nitrogen and oxygen atoms in total. The molecule has 1 atom stereocenters. The Hall–Kier alpha value is -3.41. The highest BCUT2D eigenvalue weighted by Crippen LogP contribution is 2.39. The number of fused-ring (bicyclic) bond motifs is 1. The van der Waals surface area contributed by atoms with Gasteiger partial charge in [0.15, 0.2) is 0 Å². The van der Waals surface area contributed by atoms with Crippen molar-refractivity contribution in [3.8, 4) is 11.6 Å². The van der Waals surface area contributed by atoms with E-state index in [-0.39, 0.29) is 6.61 Å². The number of para-hydroxylation sites is 1. The van der Waals surface area contributed by atoms with Gasteiger partial charge in [-0.05, 0) is 75.0 Å². The highest BCUT2D eigenvalue weighted by molar-refractivity contribution is 7.93. The van der Waals surface area contributed by atoms with Gasteiger partial charge in [0.2, 0.25) is 11.8 Å². The van der Waals surface area contributed by atoms with Gasteiger partial charge in [0.1, 0.15) is 12.4 Å². The lowest BCUT2D eigenvalue weighted by Crippen LogP contribution is -2.52. The second kappa shape index (κ2) is 12.3. The van der Waals surface area contributed by atoms with Crippen LogP contribution in [-0.2, 0) is 16.4 Å². The van der Waals surface area contributed by atoms with E-state index in [1.165, 1.54) is 4.31 Å². The molecule has 0 aliphatic carbocycles. The maximum Gasteiger partial charge on any atom is 0.265 e. The van der Waals surface area contributed by atoms with E-state index in [1.807, 2.05) is 38.1 Å². The van der Waals surface area contributed by atoms with Gasteiger partial charge in [0.05, 0.1) is 23.7 Å². The summed E-state index contributed by atoms with van der Waals surface area (Å²) in [5, 5.41) is 0. The molecule has 11 heteroatoms. The van der Waals surface area contributed by atoms with Crippen LogP contribution in [0.3, 0.4) is 0 Å². The smallest absolute Gasteiger partial charge is 0.265 e. The number of sulfonamides is 1. The fraction of sp³-hybridized carbons (Fsp3) is 0.500. The van der Waals surface area contributed by atoms with E-state index in [4.69, 9.17) is 14.5 Å². The Balaban J connectivity index is 1.16. The summed E-state index contributed by atoms with van der Waals surface area (Å²) in [6.07, 6.45) is 4.47. The van der Waals surface area contributed by atoms with E-state index in [1.54, 1.807) is 31.5 Å². The summed E-state index contributed by atoms with van der Waals surface area (Å²) in [6.45, 7) is 10.1. The molecular weight excluding hydrogens is 564 g/mol. The van der Waals surface area contributed by atoms with Crippen LogP contribution in [0.25, 0.3) is 0 Å². The van der Waals surface area contributed by atoms with Crippen LogP contribution in [0.4, 0.5) is 11.6 Å². The van der Waals surface area contributed by atoms with Crippen LogP contribution in [-0.4, -0.2) is 100 Å². The molecule has 2 aromatic carbocycles. The topological polar surface area (TPSA) is 91.3 Å². The zero-order chi connectivity index (χ0) is 30.1. The van der Waals surface area contributed by atoms with Crippen LogP contribution < -0.4 is 18.7 Å². The zero-order valence-corrected chi connectivity index (χ0v) is 26.4. The first-order valence-electron chi connectivity index (χ1n) is 15.2. The number of aryl methyl sites for hydroxylation is 2. The Morgan fingerprint density at radius 1 is 0.953 bits per heavy atom. The Morgan fingerprint density at radius 2 is 1.65 bits per heavy atom. The number of nitrogens with zero attached hydrogens (tertiary/aromatic N) is 6. The van der Waals surface area contributed by atoms with Gasteiger partial charge in [-0.1, -0.05) is 18.2 Å². The van der Waals surface area contributed by atoms with E-state index in [2.05, 4.69) is 26.7 Å². The maximum absolute atomic E-state index is 14.3. The van der Waals surface area contributed by atoms with Crippen molar-refractivity contribution >= 4 is 21.7 Å². The van der Waals surface area contributed by atoms with Gasteiger partial charge < -0.3 is 19.3 Å². The summed E-state index contributed by atoms with van der Waals surface area (Å²) in [5.41, 5.74) is 2.97. The van der Waals surface area contributed by atoms with Crippen molar-refractivity contribution in [1.82, 2.24) is 19.8 Å². The molecule has 0 amide bonds. The van der Waals surface area contributed by atoms with Crippen molar-refractivity contribution in [2.24, 2.45) is 0 Å². The lowest BCUT2D eigenvalue weighted by Gasteiger charge is -2.42. The lowest BCUT2D eigenvalue weighted by atomic mass is 10.0. The van der Waals surface area contributed by atoms with Crippen molar-refractivity contribution in [3.05, 3.63) is 65.4 Å². The average molecular weight is 607 g/mol. The molecule has 0 N–H and O–H groups in total. The highest BCUT2D eigenvalue weighted by atomic mass is 32.2. The van der Waals surface area contributed by atoms with Crippen LogP contribution >= 0.6 is 0 Å². The fourth-order valence-electron chi connectivity index (χ4n) is 6.78. The van der Waals surface area contributed by atoms with E-state index >= 15 is 0 Å². The maximum atomic E-state index is 14.3. The van der Waals surface area contributed by atoms with E-state index < -0.39 is 16.1 Å². The second-order valence-corrected chi connectivity index (χ2v) is 13.7. The first-order chi connectivity index (χ1) is 20.7. The molecule has 4 heterocycles. The number of aromatic nitrogens is 2. The summed E-state index contributed by atoms with van der Waals surface area (Å²) in [7, 11) is -0.108. The number of hydrogen-bond donors (Lipinski definition) is 0. The first-order valence-corrected chi connectivity index (χ1v) is 16.6. The van der Waals surface area contributed by atoms with Crippen molar-refractivity contribution in [3.63, 3.8) is 0 Å². The molecule has 0 spiro atoms. The Kier molecular flexibility index (Phi) is 8.48. The minimum absolute atomic E-state index is 0.171. The van der Waals surface area contributed by atoms with Crippen molar-refractivity contribution in [2.75, 3.05) is 69.2 Å². The first kappa shape index (κ1) is 29.7. The SMILES string of the molecule is COc1cc(C)c(S(=O)(=O)N2c3ccccc3C[C@H]2COc2ccnc(N3CCC(N4CCN(C)CC4)CC3)n2)c(C)c1. The van der Waals surface area contributed by atoms with Gasteiger partial charge >= 0.3 is 0 Å². The summed E-state index contributed by atoms with van der Waals surface area (Å²) in [6, 6.07) is 13.2. The number of piperidine rings is 1. The Morgan fingerprint density at radius 3 is 2.35 bits per heavy atom. The summed E-state index contributed by atoms with van der Waals surface area (Å²) in [5.74, 6) is 1.76. The second-order valence-electron chi connectivity index (χ2n) is 11.9. The number of methoxy groups -OCH3 is 1. The van der Waals surface area contributed by atoms with Crippen LogP contribution in [0.15, 0.2) is 53.6 Å². The third kappa shape index (κ3) is 6.03. The molecule has 6 rings (SSSR count). The number of ether oxygens (including phenoxy) is 2. The standard InChI is InChI=1S/C32H42N6O4S/c1-23-19-28(41-4)20-24(2)31(23)43(39,40)38-27(21-25-7-5-6-8-29(25)38)22-42-30-9-12-33-32(34-30)37-13-10-26(11-14-37)36-17-15-35(3)16-18-36/h5-9,12,19-20,26-27H,10-11,13-18,21-22H2,1-4H3/t27-/m0/s1. The van der Waals surface area contributed by atoms with Crippen LogP contribution in [0.5, 0.6) is 11.6 Å². The minimum Gasteiger partial charge on any atom is -0.497 e. The van der Waals surface area contributed by atoms with Crippen molar-refractivity contribution < 1.29 is 17.9 Å². The van der Waals surface area contributed by atoms with Crippen LogP contribution in [0.2, 0.25) is 0 Å². The summed E-state index contributed by atoms with van der Waals surface area (Å²) < 4.78 is 41.7. The van der Waals surface area contributed by atoms with E-state index in [0.717, 1.165) is 57.7 Å². The average Bonchev–Trinajstić information content (AvgIpc) is 3.39. The van der Waals surface area contributed by atoms with Crippen LogP contribution in [0.1, 0.15) is 29.5 Å². The number of hydrogen-bond acceptors (Lipinski definition) is 9. The van der Waals surface area contributed by atoms with Gasteiger partial charge in [-0.25, -0.2) is 13.4 Å². The summed E-state index contributed by atoms with van der Waals surface area (Å²) >= 11 is 0. The molecule has 2 fully saturated rings. The largest absolute Gasteiger partial charge is 0.497 e. The molecule has 0 radical (unpaired) electrons. The third-order valence-electron chi connectivity index (χ3n) is 9.05. The van der Waals surface area contributed by atoms with Crippen molar-refractivity contribution in [1.29, 1.82) is 0 Å². The predicted molar refractivity (Wildman–Crippen MR) is 168 cm³/mol. The molecule has 43 heavy (non-hydrogen) atoms. The normalized spacial score (nSPS) is 20.3. The molecule has 2 saturated heterocycles. The van der Waals surface area contributed by atoms with Crippen LogP contribution in [0, 0.1) is 13.8 Å². The molecule has 1 aromatic heterocycles. The molecule has 0 bridgehead atoms. The quantitative estimate of drug-likeness (QED) is 0.382. The number of benzene rings is 2. The zero-order valence-electron chi connectivity index (χ0n) is 25.6. The fourth-order valence-corrected chi connectivity index (χ4v) is 8.88. The number of anilines is 2. The minimum atomic E-state index is -3.88. The summed E-state index contributed by atoms with van der Waals surface area (Å²) in [4.78, 5) is 16.8. The Bertz CT molecular complexity index is 1530. The molecule has 230 valence electrons. The van der Waals surface area contributed by atoms with Crippen molar-refractivity contribution in [2.45, 2.75) is 50.1 Å². The number of piperazine rings is 1. The van der Waals surface area contributed by atoms with Gasteiger partial charge in [-0.2, -0.15) is 4.98 Å². The highest BCUT2D eigenvalue weighted by Gasteiger charge is 2.40. The monoisotopic (exact) mass is 606 g/mol. The van der Waals surface area contributed by atoms with Gasteiger partial charge in [0, 0.05) is 57.6 Å². The van der Waals surface area contributed by atoms with Gasteiger partial charge in [0.25, 0.3) is 10.0 Å². The van der Waals surface area contributed by atoms with Gasteiger partial charge in [-0.3, -0.25) is 9.21 Å². The molecular formula is C32H42N6O4S. The predicted octanol–water partition coefficient (Wildman–Crippen LogP) is 3.52. The third-order valence-corrected chi connectivity index (χ3v) is 11.2. The van der Waals surface area contributed by atoms with E-state index in [0.29, 0.717) is 51.8 Å². The number of likely N-dealkylation sites (N-methyl/N-ethyl adjacent to an activating group) is 1. The Labute approximate surface area is 255 Å². The lowest BCUT2D eigenvalue weighted by molar-refractivity contribution is 0.0980. The molecule has 0 unspecified atom stereocenters. The van der Waals surface area contributed by atoms with Gasteiger partial charge in [-0.15, -0.1) is 0 Å². The molecule has 3 aliphatic rings. The molecule has 3 aromatic rings.